The van der Waals surface area contributed by atoms with Crippen LogP contribution in [0, 0.1) is 5.92 Å². The van der Waals surface area contributed by atoms with Gasteiger partial charge in [0.2, 0.25) is 0 Å². The molecule has 0 saturated carbocycles. The summed E-state index contributed by atoms with van der Waals surface area (Å²) in [6.07, 6.45) is 1.29. The Morgan fingerprint density at radius 2 is 1.89 bits per heavy atom. The second kappa shape index (κ2) is 8.06. The first-order valence-electron chi connectivity index (χ1n) is 9.48. The smallest absolute Gasteiger partial charge is 0.407 e. The van der Waals surface area contributed by atoms with Gasteiger partial charge in [0.15, 0.2) is 11.5 Å². The van der Waals surface area contributed by atoms with Gasteiger partial charge in [0.05, 0.1) is 5.56 Å². The Balaban J connectivity index is 1.51. The van der Waals surface area contributed by atoms with Crippen LogP contribution in [0.4, 0.5) is 4.79 Å². The van der Waals surface area contributed by atoms with Crippen LogP contribution in [0.5, 0.6) is 11.5 Å². The van der Waals surface area contributed by atoms with Crippen LogP contribution in [-0.2, 0) is 4.74 Å². The normalized spacial score (nSPS) is 17.4. The molecule has 2 heterocycles. The van der Waals surface area contributed by atoms with E-state index in [9.17, 15) is 9.59 Å². The number of rotatable bonds is 3. The van der Waals surface area contributed by atoms with Crippen molar-refractivity contribution < 1.29 is 23.8 Å². The topological polar surface area (TPSA) is 77.1 Å². The Labute approximate surface area is 160 Å². The number of nitrogens with zero attached hydrogens (tertiary/aromatic N) is 1. The molecule has 2 aliphatic heterocycles. The predicted octanol–water partition coefficient (Wildman–Crippen LogP) is 2.83. The summed E-state index contributed by atoms with van der Waals surface area (Å²) in [5.74, 6) is 1.48. The van der Waals surface area contributed by atoms with E-state index in [1.165, 1.54) is 0 Å². The van der Waals surface area contributed by atoms with Crippen LogP contribution < -0.4 is 14.8 Å². The molecule has 0 bridgehead atoms. The highest BCUT2D eigenvalue weighted by Crippen LogP contribution is 2.34. The van der Waals surface area contributed by atoms with E-state index >= 15 is 0 Å². The number of carbonyl (C=O) groups is 2. The number of benzene rings is 1. The number of hydrogen-bond donors (Lipinski definition) is 1. The van der Waals surface area contributed by atoms with Gasteiger partial charge in [0.25, 0.3) is 5.91 Å². The number of para-hydroxylation sites is 1. The quantitative estimate of drug-likeness (QED) is 0.878. The summed E-state index contributed by atoms with van der Waals surface area (Å²) in [7, 11) is 0. The minimum absolute atomic E-state index is 0.0316. The highest BCUT2D eigenvalue weighted by Gasteiger charge is 2.28. The molecular formula is C20H28N2O5. The van der Waals surface area contributed by atoms with E-state index < -0.39 is 11.7 Å². The summed E-state index contributed by atoms with van der Waals surface area (Å²) in [6.45, 7) is 8.36. The average Bonchev–Trinajstić information content (AvgIpc) is 2.64. The standard InChI is InChI=1S/C20H28N2O5/c1-20(2,3)27-19(24)21-13-14-7-9-22(10-8-14)18(23)15-5-4-6-16-17(15)26-12-11-25-16/h4-6,14H,7-13H2,1-3H3,(H,21,24). The molecule has 2 aliphatic rings. The van der Waals surface area contributed by atoms with Crippen LogP contribution in [0.15, 0.2) is 18.2 Å². The molecule has 1 fully saturated rings. The summed E-state index contributed by atoms with van der Waals surface area (Å²) in [5.41, 5.74) is 0.0537. The van der Waals surface area contributed by atoms with Crippen molar-refractivity contribution >= 4 is 12.0 Å². The predicted molar refractivity (Wildman–Crippen MR) is 100 cm³/mol. The highest BCUT2D eigenvalue weighted by molar-refractivity contribution is 5.98. The maximum atomic E-state index is 12.9. The van der Waals surface area contributed by atoms with Gasteiger partial charge in [-0.2, -0.15) is 0 Å². The lowest BCUT2D eigenvalue weighted by Crippen LogP contribution is -2.42. The van der Waals surface area contributed by atoms with E-state index in [1.54, 1.807) is 6.07 Å². The molecule has 0 aliphatic carbocycles. The number of alkyl carbamates (subject to hydrolysis) is 1. The Hall–Kier alpha value is -2.44. The molecule has 1 saturated heterocycles. The second-order valence-electron chi connectivity index (χ2n) is 7.95. The van der Waals surface area contributed by atoms with Crippen molar-refractivity contribution in [3.63, 3.8) is 0 Å². The first-order valence-corrected chi connectivity index (χ1v) is 9.48. The Morgan fingerprint density at radius 3 is 2.59 bits per heavy atom. The van der Waals surface area contributed by atoms with Crippen LogP contribution in [0.3, 0.4) is 0 Å². The van der Waals surface area contributed by atoms with E-state index in [1.807, 2.05) is 37.8 Å². The second-order valence-corrected chi connectivity index (χ2v) is 7.95. The maximum Gasteiger partial charge on any atom is 0.407 e. The van der Waals surface area contributed by atoms with Crippen molar-refractivity contribution in [2.45, 2.75) is 39.2 Å². The lowest BCUT2D eigenvalue weighted by atomic mass is 9.96. The number of likely N-dealkylation sites (tertiary alicyclic amines) is 1. The zero-order valence-corrected chi connectivity index (χ0v) is 16.2. The number of carbonyl (C=O) groups excluding carboxylic acids is 2. The number of amides is 2. The molecule has 0 radical (unpaired) electrons. The van der Waals surface area contributed by atoms with E-state index in [0.717, 1.165) is 12.8 Å². The lowest BCUT2D eigenvalue weighted by molar-refractivity contribution is 0.0499. The van der Waals surface area contributed by atoms with E-state index in [2.05, 4.69) is 5.32 Å². The van der Waals surface area contributed by atoms with Crippen molar-refractivity contribution in [1.82, 2.24) is 10.2 Å². The van der Waals surface area contributed by atoms with E-state index in [0.29, 0.717) is 55.8 Å². The lowest BCUT2D eigenvalue weighted by Gasteiger charge is -2.33. The highest BCUT2D eigenvalue weighted by atomic mass is 16.6. The monoisotopic (exact) mass is 376 g/mol. The number of fused-ring (bicyclic) bond motifs is 1. The molecular weight excluding hydrogens is 348 g/mol. The Morgan fingerprint density at radius 1 is 1.19 bits per heavy atom. The van der Waals surface area contributed by atoms with Crippen molar-refractivity contribution in [2.24, 2.45) is 5.92 Å². The van der Waals surface area contributed by atoms with Crippen molar-refractivity contribution in [2.75, 3.05) is 32.8 Å². The van der Waals surface area contributed by atoms with Crippen LogP contribution >= 0.6 is 0 Å². The van der Waals surface area contributed by atoms with Gasteiger partial charge < -0.3 is 24.4 Å². The molecule has 7 heteroatoms. The zero-order chi connectivity index (χ0) is 19.4. The molecule has 1 aromatic rings. The van der Waals surface area contributed by atoms with Crippen molar-refractivity contribution in [3.05, 3.63) is 23.8 Å². The van der Waals surface area contributed by atoms with Crippen LogP contribution in [0.2, 0.25) is 0 Å². The fourth-order valence-corrected chi connectivity index (χ4v) is 3.29. The van der Waals surface area contributed by atoms with Gasteiger partial charge in [0, 0.05) is 19.6 Å². The SMILES string of the molecule is CC(C)(C)OC(=O)NCC1CCN(C(=O)c2cccc3c2OCCO3)CC1. The minimum atomic E-state index is -0.500. The molecule has 0 aromatic heterocycles. The van der Waals surface area contributed by atoms with Crippen LogP contribution in [0.25, 0.3) is 0 Å². The molecule has 0 spiro atoms. The Kier molecular flexibility index (Phi) is 5.77. The summed E-state index contributed by atoms with van der Waals surface area (Å²) >= 11 is 0. The third-order valence-corrected chi connectivity index (χ3v) is 4.63. The van der Waals surface area contributed by atoms with E-state index in [-0.39, 0.29) is 5.91 Å². The summed E-state index contributed by atoms with van der Waals surface area (Å²) in [6, 6.07) is 5.42. The van der Waals surface area contributed by atoms with Crippen LogP contribution in [-0.4, -0.2) is 55.3 Å². The third kappa shape index (κ3) is 5.05. The van der Waals surface area contributed by atoms with Crippen LogP contribution in [0.1, 0.15) is 44.0 Å². The number of nitrogens with one attached hydrogen (secondary N) is 1. The largest absolute Gasteiger partial charge is 0.486 e. The fourth-order valence-electron chi connectivity index (χ4n) is 3.29. The number of hydrogen-bond acceptors (Lipinski definition) is 5. The third-order valence-electron chi connectivity index (χ3n) is 4.63. The summed E-state index contributed by atoms with van der Waals surface area (Å²) in [5, 5.41) is 2.82. The van der Waals surface area contributed by atoms with Gasteiger partial charge in [-0.1, -0.05) is 6.07 Å². The summed E-state index contributed by atoms with van der Waals surface area (Å²) in [4.78, 5) is 26.5. The minimum Gasteiger partial charge on any atom is -0.486 e. The molecule has 1 N–H and O–H groups in total. The molecule has 27 heavy (non-hydrogen) atoms. The van der Waals surface area contributed by atoms with Crippen molar-refractivity contribution in [1.29, 1.82) is 0 Å². The first kappa shape index (κ1) is 19.3. The van der Waals surface area contributed by atoms with Gasteiger partial charge in [-0.15, -0.1) is 0 Å². The Bertz CT molecular complexity index is 690. The molecule has 3 rings (SSSR count). The molecule has 0 atom stereocenters. The van der Waals surface area contributed by atoms with E-state index in [4.69, 9.17) is 14.2 Å². The van der Waals surface area contributed by atoms with Gasteiger partial charge >= 0.3 is 6.09 Å². The molecule has 1 aromatic carbocycles. The van der Waals surface area contributed by atoms with Gasteiger partial charge in [-0.3, -0.25) is 4.79 Å². The number of ether oxygens (including phenoxy) is 3. The van der Waals surface area contributed by atoms with Gasteiger partial charge in [0.1, 0.15) is 18.8 Å². The molecule has 2 amide bonds. The molecule has 7 nitrogen and oxygen atoms in total. The summed E-state index contributed by atoms with van der Waals surface area (Å²) < 4.78 is 16.5. The number of piperidine rings is 1. The average molecular weight is 376 g/mol. The molecule has 0 unspecified atom stereocenters. The maximum absolute atomic E-state index is 12.9. The van der Waals surface area contributed by atoms with Gasteiger partial charge in [-0.25, -0.2) is 4.79 Å². The first-order chi connectivity index (χ1) is 12.8. The van der Waals surface area contributed by atoms with Crippen molar-refractivity contribution in [3.8, 4) is 11.5 Å². The van der Waals surface area contributed by atoms with Gasteiger partial charge in [-0.05, 0) is 51.7 Å². The molecule has 148 valence electrons. The zero-order valence-electron chi connectivity index (χ0n) is 16.2. The fraction of sp³-hybridized carbons (Fsp3) is 0.600.